The maximum atomic E-state index is 12.9. The smallest absolute Gasteiger partial charge is 0.416 e. The molecule has 1 aliphatic carbocycles. The summed E-state index contributed by atoms with van der Waals surface area (Å²) in [6.45, 7) is 0. The Bertz CT molecular complexity index is 1320. The molecule has 10 heteroatoms. The lowest BCUT2D eigenvalue weighted by Gasteiger charge is -2.11. The van der Waals surface area contributed by atoms with E-state index in [9.17, 15) is 27.9 Å². The van der Waals surface area contributed by atoms with E-state index in [-0.39, 0.29) is 40.3 Å². The van der Waals surface area contributed by atoms with Crippen LogP contribution in [0.25, 0.3) is 0 Å². The average Bonchev–Trinajstić information content (AvgIpc) is 3.64. The van der Waals surface area contributed by atoms with Crippen LogP contribution in [-0.2, 0) is 11.0 Å². The number of benzene rings is 3. The molecule has 0 bridgehead atoms. The summed E-state index contributed by atoms with van der Waals surface area (Å²) in [6.07, 6.45) is -2.99. The van der Waals surface area contributed by atoms with Crippen LogP contribution in [0, 0.1) is 5.92 Å². The summed E-state index contributed by atoms with van der Waals surface area (Å²) in [5.74, 6) is -0.915. The number of aliphatic imine (C=N–C) groups is 1. The lowest BCUT2D eigenvalue weighted by Crippen LogP contribution is -2.16. The molecule has 0 unspecified atom stereocenters. The minimum absolute atomic E-state index is 0.0924. The number of anilines is 1. The van der Waals surface area contributed by atoms with Crippen molar-refractivity contribution in [2.45, 2.75) is 19.0 Å². The van der Waals surface area contributed by atoms with Crippen molar-refractivity contribution in [2.75, 3.05) is 5.32 Å². The van der Waals surface area contributed by atoms with Crippen molar-refractivity contribution in [2.24, 2.45) is 16.6 Å². The molecule has 1 aliphatic rings. The van der Waals surface area contributed by atoms with Gasteiger partial charge in [-0.3, -0.25) is 9.59 Å². The first-order valence-electron chi connectivity index (χ1n) is 10.6. The van der Waals surface area contributed by atoms with E-state index in [0.717, 1.165) is 31.0 Å². The molecule has 4 rings (SSSR count). The Balaban J connectivity index is 1.45. The van der Waals surface area contributed by atoms with Gasteiger partial charge in [-0.15, -0.1) is 0 Å². The van der Waals surface area contributed by atoms with Gasteiger partial charge < -0.3 is 20.9 Å². The van der Waals surface area contributed by atoms with Crippen LogP contribution in [0.1, 0.15) is 34.3 Å². The van der Waals surface area contributed by atoms with Gasteiger partial charge in [0.05, 0.1) is 11.1 Å². The molecule has 7 nitrogen and oxygen atoms in total. The Labute approximate surface area is 198 Å². The number of hydrogen-bond acceptors (Lipinski definition) is 4. The Hall–Kier alpha value is -4.34. The molecule has 0 aromatic heterocycles. The minimum Gasteiger partial charge on any atom is -0.507 e. The molecule has 1 saturated carbocycles. The second kappa shape index (κ2) is 9.49. The van der Waals surface area contributed by atoms with Crippen molar-refractivity contribution in [1.29, 1.82) is 0 Å². The van der Waals surface area contributed by atoms with Crippen LogP contribution in [-0.4, -0.2) is 22.8 Å². The molecule has 0 radical (unpaired) electrons. The third-order valence-corrected chi connectivity index (χ3v) is 5.18. The van der Waals surface area contributed by atoms with E-state index in [1.807, 2.05) is 0 Å². The standard InChI is InChI=1S/C25H20F3N3O4/c26-25(27,28)16-4-1-3-15(11-16)24(34)30-17-5-2-6-18(12-17)35-19-9-10-20(21(32)13-19)22(29)31-23(33)14-7-8-14/h1-6,9-14,32H,7-8H2,(H,30,34)(H2,29,31,33). The number of nitrogens with two attached hydrogens (primary N) is 1. The number of carbonyl (C=O) groups excluding carboxylic acids is 2. The van der Waals surface area contributed by atoms with Gasteiger partial charge in [0.1, 0.15) is 23.1 Å². The van der Waals surface area contributed by atoms with Crippen LogP contribution in [0.15, 0.2) is 71.7 Å². The number of carbonyl (C=O) groups is 2. The number of phenolic OH excluding ortho intramolecular Hbond substituents is 1. The normalized spacial score (nSPS) is 13.9. The maximum absolute atomic E-state index is 12.9. The van der Waals surface area contributed by atoms with Gasteiger partial charge in [0.2, 0.25) is 0 Å². The van der Waals surface area contributed by atoms with Crippen LogP contribution in [0.4, 0.5) is 18.9 Å². The molecular weight excluding hydrogens is 463 g/mol. The number of phenols is 1. The fourth-order valence-corrected chi connectivity index (χ4v) is 3.21. The molecular formula is C25H20F3N3O4. The first-order chi connectivity index (χ1) is 16.6. The number of amidine groups is 1. The largest absolute Gasteiger partial charge is 0.507 e. The number of halogens is 3. The number of aromatic hydroxyl groups is 1. The summed E-state index contributed by atoms with van der Waals surface area (Å²) in [6, 6.07) is 14.6. The highest BCUT2D eigenvalue weighted by molar-refractivity contribution is 6.06. The van der Waals surface area contributed by atoms with E-state index in [1.54, 1.807) is 18.2 Å². The molecule has 180 valence electrons. The van der Waals surface area contributed by atoms with E-state index < -0.39 is 17.6 Å². The number of hydrogen-bond donors (Lipinski definition) is 3. The highest BCUT2D eigenvalue weighted by atomic mass is 19.4. The first kappa shape index (κ1) is 23.8. The van der Waals surface area contributed by atoms with Crippen molar-refractivity contribution in [3.63, 3.8) is 0 Å². The van der Waals surface area contributed by atoms with E-state index >= 15 is 0 Å². The Kier molecular flexibility index (Phi) is 6.46. The zero-order chi connectivity index (χ0) is 25.2. The minimum atomic E-state index is -4.56. The average molecular weight is 483 g/mol. The predicted octanol–water partition coefficient (Wildman–Crippen LogP) is 5.10. The highest BCUT2D eigenvalue weighted by Crippen LogP contribution is 2.32. The number of rotatable bonds is 6. The summed E-state index contributed by atoms with van der Waals surface area (Å²) in [5.41, 5.74) is 5.25. The monoisotopic (exact) mass is 483 g/mol. The Morgan fingerprint density at radius 3 is 2.40 bits per heavy atom. The van der Waals surface area contributed by atoms with Crippen molar-refractivity contribution in [1.82, 2.24) is 0 Å². The van der Waals surface area contributed by atoms with E-state index in [0.29, 0.717) is 11.4 Å². The number of alkyl halides is 3. The Morgan fingerprint density at radius 2 is 1.71 bits per heavy atom. The molecule has 1 fully saturated rings. The molecule has 0 atom stereocenters. The molecule has 3 aromatic rings. The van der Waals surface area contributed by atoms with E-state index in [1.165, 1.54) is 30.3 Å². The lowest BCUT2D eigenvalue weighted by atomic mass is 10.1. The lowest BCUT2D eigenvalue weighted by molar-refractivity contribution is -0.137. The zero-order valence-electron chi connectivity index (χ0n) is 18.2. The van der Waals surface area contributed by atoms with Gasteiger partial charge in [-0.1, -0.05) is 12.1 Å². The zero-order valence-corrected chi connectivity index (χ0v) is 18.2. The maximum Gasteiger partial charge on any atom is 0.416 e. The fraction of sp³-hybridized carbons (Fsp3) is 0.160. The first-order valence-corrected chi connectivity index (χ1v) is 10.6. The summed E-state index contributed by atoms with van der Waals surface area (Å²) in [5, 5.41) is 12.8. The third kappa shape index (κ3) is 5.97. The van der Waals surface area contributed by atoms with Crippen molar-refractivity contribution in [3.05, 3.63) is 83.4 Å². The molecule has 2 amide bonds. The molecule has 4 N–H and O–H groups in total. The summed E-state index contributed by atoms with van der Waals surface area (Å²) in [7, 11) is 0. The third-order valence-electron chi connectivity index (χ3n) is 5.18. The summed E-state index contributed by atoms with van der Waals surface area (Å²) >= 11 is 0. The van der Waals surface area contributed by atoms with Gasteiger partial charge in [0.25, 0.3) is 11.8 Å². The van der Waals surface area contributed by atoms with Crippen LogP contribution in [0.3, 0.4) is 0 Å². The second-order valence-electron chi connectivity index (χ2n) is 7.95. The molecule has 35 heavy (non-hydrogen) atoms. The van der Waals surface area contributed by atoms with Gasteiger partial charge >= 0.3 is 6.18 Å². The topological polar surface area (TPSA) is 114 Å². The predicted molar refractivity (Wildman–Crippen MR) is 122 cm³/mol. The molecule has 0 aliphatic heterocycles. The van der Waals surface area contributed by atoms with Crippen molar-refractivity contribution in [3.8, 4) is 17.2 Å². The van der Waals surface area contributed by atoms with Gasteiger partial charge in [-0.05, 0) is 55.3 Å². The quantitative estimate of drug-likeness (QED) is 0.334. The van der Waals surface area contributed by atoms with Gasteiger partial charge in [-0.2, -0.15) is 18.2 Å². The SMILES string of the molecule is NC(=NC(=O)C1CC1)c1ccc(Oc2cccc(NC(=O)c3cccc(C(F)(F)F)c3)c2)cc1O. The van der Waals surface area contributed by atoms with Crippen LogP contribution in [0.2, 0.25) is 0 Å². The fourth-order valence-electron chi connectivity index (χ4n) is 3.21. The molecule has 0 saturated heterocycles. The van der Waals surface area contributed by atoms with Crippen LogP contribution >= 0.6 is 0 Å². The molecule has 3 aromatic carbocycles. The molecule has 0 spiro atoms. The molecule has 0 heterocycles. The highest BCUT2D eigenvalue weighted by Gasteiger charge is 2.31. The number of nitrogens with zero attached hydrogens (tertiary/aromatic N) is 1. The summed E-state index contributed by atoms with van der Waals surface area (Å²) in [4.78, 5) is 28.1. The van der Waals surface area contributed by atoms with Crippen molar-refractivity contribution < 1.29 is 32.6 Å². The van der Waals surface area contributed by atoms with Crippen LogP contribution < -0.4 is 15.8 Å². The summed E-state index contributed by atoms with van der Waals surface area (Å²) < 4.78 is 44.4. The number of nitrogens with one attached hydrogen (secondary N) is 1. The van der Waals surface area contributed by atoms with E-state index in [4.69, 9.17) is 10.5 Å². The number of ether oxygens (including phenoxy) is 1. The number of amides is 2. The Morgan fingerprint density at radius 1 is 1.00 bits per heavy atom. The van der Waals surface area contributed by atoms with Gasteiger partial charge in [-0.25, -0.2) is 0 Å². The van der Waals surface area contributed by atoms with E-state index in [2.05, 4.69) is 10.3 Å². The van der Waals surface area contributed by atoms with Crippen LogP contribution in [0.5, 0.6) is 17.2 Å². The van der Waals surface area contributed by atoms with Crippen molar-refractivity contribution >= 4 is 23.3 Å². The van der Waals surface area contributed by atoms with Gasteiger partial charge in [0.15, 0.2) is 0 Å². The second-order valence-corrected chi connectivity index (χ2v) is 7.95. The van der Waals surface area contributed by atoms with Gasteiger partial charge in [0, 0.05) is 29.3 Å².